The van der Waals surface area contributed by atoms with Gasteiger partial charge in [0.05, 0.1) is 11.1 Å². The standard InChI is InChI=1S/C28H32F5N9O4/c1-4-16-20(39-8-10-40(11-9-39)21(45)19-17(43)6-5-7-34-19)22(46)42-24(35-23(37-42)38(2)3)41(16)12-18(44)36-26-13-25(14-26,15-26)27(29,30)28(31,32)33/h5-7,43H,4,8-15H2,1-3H3,(H,36,44). The van der Waals surface area contributed by atoms with Crippen LogP contribution in [0.2, 0.25) is 0 Å². The molecule has 18 heteroatoms. The molecule has 0 spiro atoms. The van der Waals surface area contributed by atoms with Gasteiger partial charge in [0, 0.05) is 52.0 Å². The van der Waals surface area contributed by atoms with Crippen LogP contribution in [0, 0.1) is 5.41 Å². The number of hydrogen-bond acceptors (Lipinski definition) is 9. The third-order valence-electron chi connectivity index (χ3n) is 9.18. The lowest BCUT2D eigenvalue weighted by molar-refractivity contribution is -0.387. The molecule has 4 heterocycles. The van der Waals surface area contributed by atoms with Gasteiger partial charge in [0.1, 0.15) is 18.0 Å². The Morgan fingerprint density at radius 1 is 1.09 bits per heavy atom. The van der Waals surface area contributed by atoms with Gasteiger partial charge in [-0.15, -0.1) is 5.10 Å². The van der Waals surface area contributed by atoms with Gasteiger partial charge >= 0.3 is 12.1 Å². The number of fused-ring (bicyclic) bond motifs is 1. The number of pyridine rings is 1. The number of aromatic nitrogens is 5. The largest absolute Gasteiger partial charge is 0.505 e. The topological polar surface area (TPSA) is 141 Å². The number of alkyl halides is 5. The van der Waals surface area contributed by atoms with E-state index in [1.54, 1.807) is 30.8 Å². The molecule has 3 aliphatic carbocycles. The maximum absolute atomic E-state index is 14.1. The molecular weight excluding hydrogens is 621 g/mol. The van der Waals surface area contributed by atoms with Gasteiger partial charge in [0.15, 0.2) is 5.69 Å². The van der Waals surface area contributed by atoms with Crippen molar-refractivity contribution in [3.05, 3.63) is 40.1 Å². The second-order valence-electron chi connectivity index (χ2n) is 12.4. The minimum Gasteiger partial charge on any atom is -0.505 e. The van der Waals surface area contributed by atoms with Gasteiger partial charge in [-0.05, 0) is 37.8 Å². The van der Waals surface area contributed by atoms with E-state index in [2.05, 4.69) is 20.4 Å². The molecule has 0 atom stereocenters. The predicted molar refractivity (Wildman–Crippen MR) is 153 cm³/mol. The molecule has 0 radical (unpaired) electrons. The van der Waals surface area contributed by atoms with Gasteiger partial charge in [-0.3, -0.25) is 14.4 Å². The smallest absolute Gasteiger partial charge is 0.453 e. The van der Waals surface area contributed by atoms with Crippen molar-refractivity contribution >= 4 is 29.2 Å². The second-order valence-corrected chi connectivity index (χ2v) is 12.4. The highest BCUT2D eigenvalue weighted by Crippen LogP contribution is 2.75. The molecule has 13 nitrogen and oxygen atoms in total. The van der Waals surface area contributed by atoms with Crippen molar-refractivity contribution in [2.45, 2.75) is 56.8 Å². The lowest BCUT2D eigenvalue weighted by atomic mass is 9.37. The van der Waals surface area contributed by atoms with Crippen LogP contribution >= 0.6 is 0 Å². The van der Waals surface area contributed by atoms with E-state index < -0.39 is 66.2 Å². The van der Waals surface area contributed by atoms with Crippen LogP contribution in [0.25, 0.3) is 5.78 Å². The lowest BCUT2D eigenvalue weighted by Crippen LogP contribution is -2.81. The highest BCUT2D eigenvalue weighted by atomic mass is 19.4. The summed E-state index contributed by atoms with van der Waals surface area (Å²) in [5.41, 5.74) is -3.27. The first-order valence-electron chi connectivity index (χ1n) is 14.7. The molecule has 0 unspecified atom stereocenters. The maximum Gasteiger partial charge on any atom is 0.453 e. The number of carbonyl (C=O) groups is 2. The van der Waals surface area contributed by atoms with Crippen LogP contribution in [0.1, 0.15) is 42.4 Å². The van der Waals surface area contributed by atoms with Crippen LogP contribution in [0.5, 0.6) is 5.75 Å². The number of hydrogen-bond donors (Lipinski definition) is 2. The quantitative estimate of drug-likeness (QED) is 0.349. The first-order valence-corrected chi connectivity index (χ1v) is 14.7. The van der Waals surface area contributed by atoms with Gasteiger partial charge in [-0.1, -0.05) is 6.92 Å². The van der Waals surface area contributed by atoms with E-state index in [-0.39, 0.29) is 61.5 Å². The number of piperazine rings is 1. The molecule has 0 aromatic carbocycles. The summed E-state index contributed by atoms with van der Waals surface area (Å²) in [7, 11) is 3.34. The first kappa shape index (κ1) is 31.5. The van der Waals surface area contributed by atoms with Crippen LogP contribution in [0.15, 0.2) is 23.1 Å². The van der Waals surface area contributed by atoms with Crippen LogP contribution in [0.3, 0.4) is 0 Å². The fraction of sp³-hybridized carbons (Fsp3) is 0.571. The van der Waals surface area contributed by atoms with Crippen molar-refractivity contribution in [1.82, 2.24) is 34.4 Å². The van der Waals surface area contributed by atoms with E-state index in [9.17, 15) is 41.4 Å². The Balaban J connectivity index is 1.26. The van der Waals surface area contributed by atoms with Gasteiger partial charge in [0.2, 0.25) is 17.6 Å². The summed E-state index contributed by atoms with van der Waals surface area (Å²) in [6, 6.07) is 2.86. The molecule has 3 aromatic rings. The molecule has 1 saturated heterocycles. The third kappa shape index (κ3) is 4.71. The monoisotopic (exact) mass is 653 g/mol. The number of nitrogens with one attached hydrogen (secondary N) is 1. The van der Waals surface area contributed by atoms with E-state index in [1.807, 2.05) is 0 Å². The fourth-order valence-electron chi connectivity index (χ4n) is 6.99. The van der Waals surface area contributed by atoms with Gasteiger partial charge in [-0.25, -0.2) is 4.98 Å². The number of amides is 2. The molecule has 2 N–H and O–H groups in total. The molecule has 46 heavy (non-hydrogen) atoms. The molecular formula is C28H32F5N9O4. The summed E-state index contributed by atoms with van der Waals surface area (Å²) in [6.45, 7) is 2.24. The number of rotatable bonds is 8. The number of carbonyl (C=O) groups excluding carboxylic acids is 2. The van der Waals surface area contributed by atoms with E-state index in [0.717, 1.165) is 4.52 Å². The highest BCUT2D eigenvalue weighted by Gasteiger charge is 2.84. The Morgan fingerprint density at radius 2 is 1.74 bits per heavy atom. The molecule has 2 amide bonds. The van der Waals surface area contributed by atoms with E-state index >= 15 is 0 Å². The molecule has 7 rings (SSSR count). The molecule has 1 aliphatic heterocycles. The first-order chi connectivity index (χ1) is 21.5. The number of nitrogens with zero attached hydrogens (tertiary/aromatic N) is 8. The highest BCUT2D eigenvalue weighted by molar-refractivity contribution is 5.95. The van der Waals surface area contributed by atoms with Crippen molar-refractivity contribution < 1.29 is 36.6 Å². The van der Waals surface area contributed by atoms with Crippen molar-refractivity contribution in [2.75, 3.05) is 50.1 Å². The van der Waals surface area contributed by atoms with Crippen molar-refractivity contribution in [2.24, 2.45) is 5.41 Å². The fourth-order valence-corrected chi connectivity index (χ4v) is 6.99. The molecule has 2 bridgehead atoms. The summed E-state index contributed by atoms with van der Waals surface area (Å²) >= 11 is 0. The van der Waals surface area contributed by atoms with Crippen LogP contribution in [-0.2, 0) is 17.8 Å². The summed E-state index contributed by atoms with van der Waals surface area (Å²) in [5.74, 6) is -5.95. The van der Waals surface area contributed by atoms with Crippen LogP contribution in [-0.4, -0.2) is 104 Å². The summed E-state index contributed by atoms with van der Waals surface area (Å²) in [6.07, 6.45) is -5.47. The Hall–Kier alpha value is -4.51. The van der Waals surface area contributed by atoms with E-state index in [4.69, 9.17) is 0 Å². The van der Waals surface area contributed by atoms with Gasteiger partial charge < -0.3 is 29.7 Å². The maximum atomic E-state index is 14.1. The summed E-state index contributed by atoms with van der Waals surface area (Å²) < 4.78 is 69.7. The Bertz CT molecular complexity index is 1760. The van der Waals surface area contributed by atoms with E-state index in [0.29, 0.717) is 5.69 Å². The van der Waals surface area contributed by atoms with Crippen molar-refractivity contribution in [3.63, 3.8) is 0 Å². The molecule has 4 aliphatic rings. The number of aromatic hydroxyl groups is 1. The van der Waals surface area contributed by atoms with Gasteiger partial charge in [-0.2, -0.15) is 31.5 Å². The Labute approximate surface area is 258 Å². The second kappa shape index (κ2) is 10.5. The lowest BCUT2D eigenvalue weighted by Gasteiger charge is -2.72. The molecule has 3 aromatic heterocycles. The van der Waals surface area contributed by atoms with Crippen LogP contribution < -0.4 is 20.7 Å². The molecule has 248 valence electrons. The zero-order chi connectivity index (χ0) is 33.4. The minimum absolute atomic E-state index is 0.0570. The SMILES string of the molecule is CCc1c(N2CCN(C(=O)c3ncccc3O)CC2)c(=O)n2nc(N(C)C)nc2n1CC(=O)NC12CC(C(F)(F)C(F)(F)F)(C1)C2. The number of halogens is 5. The Morgan fingerprint density at radius 3 is 2.30 bits per heavy atom. The Kier molecular flexibility index (Phi) is 7.19. The zero-order valence-electron chi connectivity index (χ0n) is 25.2. The minimum atomic E-state index is -5.67. The predicted octanol–water partition coefficient (Wildman–Crippen LogP) is 1.82. The zero-order valence-corrected chi connectivity index (χ0v) is 25.2. The average molecular weight is 654 g/mol. The van der Waals surface area contributed by atoms with Gasteiger partial charge in [0.25, 0.3) is 11.5 Å². The normalized spacial score (nSPS) is 22.8. The third-order valence-corrected chi connectivity index (χ3v) is 9.18. The molecule has 4 fully saturated rings. The van der Waals surface area contributed by atoms with Crippen molar-refractivity contribution in [3.8, 4) is 5.75 Å². The van der Waals surface area contributed by atoms with Crippen LogP contribution in [0.4, 0.5) is 33.6 Å². The molecule has 3 saturated carbocycles. The summed E-state index contributed by atoms with van der Waals surface area (Å²) in [4.78, 5) is 53.5. The average Bonchev–Trinajstić information content (AvgIpc) is 3.41. The summed E-state index contributed by atoms with van der Waals surface area (Å²) in [5, 5.41) is 17.1. The number of anilines is 2. The van der Waals surface area contributed by atoms with E-state index in [1.165, 1.54) is 27.8 Å². The van der Waals surface area contributed by atoms with Crippen molar-refractivity contribution in [1.29, 1.82) is 0 Å².